The second-order valence-corrected chi connectivity index (χ2v) is 12.1. The number of aryl methyl sites for hydroxylation is 2. The summed E-state index contributed by atoms with van der Waals surface area (Å²) in [4.78, 5) is 26.3. The number of rotatable bonds is 9. The van der Waals surface area contributed by atoms with Crippen molar-refractivity contribution in [2.24, 2.45) is 5.92 Å². The van der Waals surface area contributed by atoms with E-state index in [1.807, 2.05) is 25.1 Å². The summed E-state index contributed by atoms with van der Waals surface area (Å²) in [5.74, 6) is 0.205. The van der Waals surface area contributed by atoms with Gasteiger partial charge in [0, 0.05) is 43.7 Å². The van der Waals surface area contributed by atoms with Gasteiger partial charge in [0.05, 0.1) is 6.04 Å². The molecule has 2 unspecified atom stereocenters. The number of carbonyl (C=O) groups is 2. The van der Waals surface area contributed by atoms with Crippen LogP contribution in [0.3, 0.4) is 0 Å². The maximum Gasteiger partial charge on any atom is 0.251 e. The lowest BCUT2D eigenvalue weighted by molar-refractivity contribution is -0.123. The van der Waals surface area contributed by atoms with Gasteiger partial charge in [0.25, 0.3) is 5.91 Å². The average Bonchev–Trinajstić information content (AvgIpc) is 2.89. The van der Waals surface area contributed by atoms with Gasteiger partial charge in [-0.15, -0.1) is 0 Å². The Morgan fingerprint density at radius 2 is 1.82 bits per heavy atom. The summed E-state index contributed by atoms with van der Waals surface area (Å²) in [5, 5.41) is 9.64. The average molecular weight is 541 g/mol. The van der Waals surface area contributed by atoms with Crippen molar-refractivity contribution >= 4 is 28.5 Å². The number of fused-ring (bicyclic) bond motifs is 4. The van der Waals surface area contributed by atoms with Crippen LogP contribution in [0.1, 0.15) is 67.1 Å². The SMILES string of the molecule is CC[C@H](NCC1Cc2cccc(c2)CCCCc2cc(cc(N(C)S(C)=O)c2)C(=O)N1)C(=O)NCC(C)C. The number of anilines is 1. The molecule has 1 heterocycles. The van der Waals surface area contributed by atoms with Crippen molar-refractivity contribution < 1.29 is 13.8 Å². The third kappa shape index (κ3) is 8.95. The normalized spacial score (nSPS) is 17.7. The Morgan fingerprint density at radius 1 is 1.11 bits per heavy atom. The standard InChI is InChI=1S/C30H44N4O3S/c1-6-28(30(36)32-19-21(2)3)31-20-26-16-23-13-9-12-22(14-23)10-7-8-11-24-15-25(29(35)33-26)18-27(17-24)34(4)38(5)37/h9,12-15,17-18,21,26,28,31H,6-8,10-11,16,19-20H2,1-5H3,(H,32,36)(H,33,35)/t26?,28-,38?/m0/s1. The molecular formula is C30H44N4O3S. The van der Waals surface area contributed by atoms with Crippen LogP contribution in [0.5, 0.6) is 0 Å². The maximum atomic E-state index is 13.5. The summed E-state index contributed by atoms with van der Waals surface area (Å²) in [6.07, 6.45) is 6.87. The van der Waals surface area contributed by atoms with Crippen molar-refractivity contribution in [1.29, 1.82) is 0 Å². The van der Waals surface area contributed by atoms with Gasteiger partial charge in [0.15, 0.2) is 0 Å². The van der Waals surface area contributed by atoms with E-state index in [2.05, 4.69) is 54.1 Å². The third-order valence-electron chi connectivity index (χ3n) is 7.00. The molecule has 2 amide bonds. The minimum atomic E-state index is -1.19. The van der Waals surface area contributed by atoms with E-state index in [1.165, 1.54) is 11.1 Å². The lowest BCUT2D eigenvalue weighted by Gasteiger charge is -2.24. The van der Waals surface area contributed by atoms with E-state index in [9.17, 15) is 13.8 Å². The first-order valence-corrected chi connectivity index (χ1v) is 15.3. The van der Waals surface area contributed by atoms with Crippen molar-refractivity contribution in [3.63, 3.8) is 0 Å². The monoisotopic (exact) mass is 540 g/mol. The molecule has 1 aliphatic heterocycles. The topological polar surface area (TPSA) is 90.5 Å². The number of benzene rings is 2. The number of carbonyl (C=O) groups excluding carboxylic acids is 2. The Kier molecular flexibility index (Phi) is 11.3. The minimum absolute atomic E-state index is 0.0108. The van der Waals surface area contributed by atoms with Gasteiger partial charge in [-0.2, -0.15) is 0 Å². The fourth-order valence-electron chi connectivity index (χ4n) is 4.71. The fourth-order valence-corrected chi connectivity index (χ4v) is 5.11. The van der Waals surface area contributed by atoms with Gasteiger partial charge >= 0.3 is 0 Å². The molecule has 2 aromatic carbocycles. The summed E-state index contributed by atoms with van der Waals surface area (Å²) < 4.78 is 13.9. The van der Waals surface area contributed by atoms with E-state index >= 15 is 0 Å². The molecule has 3 N–H and O–H groups in total. The van der Waals surface area contributed by atoms with Gasteiger partial charge in [-0.25, -0.2) is 4.21 Å². The summed E-state index contributed by atoms with van der Waals surface area (Å²) in [6, 6.07) is 13.9. The zero-order valence-electron chi connectivity index (χ0n) is 23.5. The highest BCUT2D eigenvalue weighted by molar-refractivity contribution is 7.85. The molecule has 8 heteroatoms. The molecule has 3 atom stereocenters. The van der Waals surface area contributed by atoms with Crippen molar-refractivity contribution in [3.8, 4) is 0 Å². The second-order valence-electron chi connectivity index (χ2n) is 10.7. The van der Waals surface area contributed by atoms with Crippen LogP contribution < -0.4 is 20.3 Å². The minimum Gasteiger partial charge on any atom is -0.354 e. The first-order valence-electron chi connectivity index (χ1n) is 13.8. The Balaban J connectivity index is 1.87. The van der Waals surface area contributed by atoms with E-state index in [1.54, 1.807) is 17.6 Å². The van der Waals surface area contributed by atoms with Gasteiger partial charge in [0.1, 0.15) is 11.0 Å². The van der Waals surface area contributed by atoms with Crippen LogP contribution in [0, 0.1) is 5.92 Å². The number of nitrogens with one attached hydrogen (secondary N) is 3. The van der Waals surface area contributed by atoms with E-state index in [4.69, 9.17) is 0 Å². The smallest absolute Gasteiger partial charge is 0.251 e. The van der Waals surface area contributed by atoms with E-state index in [0.29, 0.717) is 37.4 Å². The maximum absolute atomic E-state index is 13.5. The van der Waals surface area contributed by atoms with Crippen molar-refractivity contribution in [1.82, 2.24) is 16.0 Å². The molecule has 0 aromatic heterocycles. The first kappa shape index (κ1) is 29.8. The zero-order chi connectivity index (χ0) is 27.7. The Bertz CT molecular complexity index is 1120. The number of hydrogen-bond donors (Lipinski definition) is 3. The quantitative estimate of drug-likeness (QED) is 0.452. The lowest BCUT2D eigenvalue weighted by Crippen LogP contribution is -2.50. The molecule has 0 spiro atoms. The number of amides is 2. The second kappa shape index (κ2) is 14.4. The fraction of sp³-hybridized carbons (Fsp3) is 0.533. The largest absolute Gasteiger partial charge is 0.354 e. The highest BCUT2D eigenvalue weighted by Crippen LogP contribution is 2.22. The summed E-state index contributed by atoms with van der Waals surface area (Å²) in [7, 11) is 0.587. The van der Waals surface area contributed by atoms with Crippen LogP contribution >= 0.6 is 0 Å². The molecular weight excluding hydrogens is 496 g/mol. The predicted octanol–water partition coefficient (Wildman–Crippen LogP) is 3.78. The molecule has 208 valence electrons. The lowest BCUT2D eigenvalue weighted by atomic mass is 9.97. The van der Waals surface area contributed by atoms with Gasteiger partial charge in [-0.1, -0.05) is 45.0 Å². The predicted molar refractivity (Wildman–Crippen MR) is 157 cm³/mol. The third-order valence-corrected chi connectivity index (χ3v) is 7.98. The van der Waals surface area contributed by atoms with Crippen LogP contribution in [-0.2, 0) is 35.0 Å². The van der Waals surface area contributed by atoms with Crippen LogP contribution in [-0.4, -0.2) is 54.5 Å². The Labute approximate surface area is 230 Å². The molecule has 0 saturated heterocycles. The molecule has 0 aliphatic carbocycles. The van der Waals surface area contributed by atoms with Crippen LogP contribution in [0.15, 0.2) is 42.5 Å². The molecule has 3 rings (SSSR count). The summed E-state index contributed by atoms with van der Waals surface area (Å²) >= 11 is 0. The molecule has 4 bridgehead atoms. The van der Waals surface area contributed by atoms with Crippen LogP contribution in [0.25, 0.3) is 0 Å². The van der Waals surface area contributed by atoms with Crippen LogP contribution in [0.4, 0.5) is 5.69 Å². The van der Waals surface area contributed by atoms with E-state index in [0.717, 1.165) is 36.9 Å². The summed E-state index contributed by atoms with van der Waals surface area (Å²) in [5.41, 5.74) is 4.87. The van der Waals surface area contributed by atoms with Crippen molar-refractivity contribution in [2.75, 3.05) is 30.7 Å². The molecule has 0 fully saturated rings. The van der Waals surface area contributed by atoms with E-state index in [-0.39, 0.29) is 23.9 Å². The van der Waals surface area contributed by atoms with Crippen LogP contribution in [0.2, 0.25) is 0 Å². The zero-order valence-corrected chi connectivity index (χ0v) is 24.3. The first-order chi connectivity index (χ1) is 18.2. The number of nitrogens with zero attached hydrogens (tertiary/aromatic N) is 1. The Hall–Kier alpha value is -2.71. The molecule has 7 nitrogen and oxygen atoms in total. The highest BCUT2D eigenvalue weighted by atomic mass is 32.2. The van der Waals surface area contributed by atoms with Gasteiger partial charge in [0.2, 0.25) is 5.91 Å². The molecule has 0 saturated carbocycles. The molecule has 0 radical (unpaired) electrons. The number of hydrogen-bond acceptors (Lipinski definition) is 4. The van der Waals surface area contributed by atoms with Gasteiger partial charge in [-0.05, 0) is 79.3 Å². The molecule has 2 aromatic rings. The highest BCUT2D eigenvalue weighted by Gasteiger charge is 2.21. The van der Waals surface area contributed by atoms with Crippen molar-refractivity contribution in [3.05, 3.63) is 64.7 Å². The molecule has 38 heavy (non-hydrogen) atoms. The van der Waals surface area contributed by atoms with E-state index < -0.39 is 11.0 Å². The van der Waals surface area contributed by atoms with Gasteiger partial charge < -0.3 is 16.0 Å². The Morgan fingerprint density at radius 3 is 2.50 bits per heavy atom. The molecule has 1 aliphatic rings. The summed E-state index contributed by atoms with van der Waals surface area (Å²) in [6.45, 7) is 7.24. The van der Waals surface area contributed by atoms with Crippen molar-refractivity contribution in [2.45, 2.75) is 71.4 Å². The van der Waals surface area contributed by atoms with Gasteiger partial charge in [-0.3, -0.25) is 13.9 Å².